The molecule has 0 bridgehead atoms. The molecule has 0 amide bonds. The third-order valence-corrected chi connectivity index (χ3v) is 8.28. The third-order valence-electron chi connectivity index (χ3n) is 8.28. The Morgan fingerprint density at radius 1 is 1.08 bits per heavy atom. The molecule has 5 nitrogen and oxygen atoms in total. The Hall–Kier alpha value is -2.83. The van der Waals surface area contributed by atoms with Gasteiger partial charge in [-0.05, 0) is 111 Å². The predicted octanol–water partition coefficient (Wildman–Crippen LogP) is 6.35. The first-order valence-electron chi connectivity index (χ1n) is 14.5. The molecule has 0 spiro atoms. The number of unbranched alkanes of at least 4 members (excludes halogenated alkanes) is 1. The molecule has 2 aromatic carbocycles. The summed E-state index contributed by atoms with van der Waals surface area (Å²) < 4.78 is 26.4. The Morgan fingerprint density at radius 2 is 1.92 bits per heavy atom. The first kappa shape index (κ1) is 29.2. The number of nitrogens with zero attached hydrogens (tertiary/aromatic N) is 2. The van der Waals surface area contributed by atoms with Gasteiger partial charge in [0.25, 0.3) is 0 Å². The van der Waals surface area contributed by atoms with E-state index in [1.165, 1.54) is 11.1 Å². The third kappa shape index (κ3) is 7.64. The van der Waals surface area contributed by atoms with E-state index in [4.69, 9.17) is 9.47 Å². The second kappa shape index (κ2) is 14.0. The molecule has 2 unspecified atom stereocenters. The van der Waals surface area contributed by atoms with Gasteiger partial charge in [0.05, 0.1) is 7.11 Å². The lowest BCUT2D eigenvalue weighted by molar-refractivity contribution is 0.147. The normalized spacial score (nSPS) is 20.7. The van der Waals surface area contributed by atoms with Crippen molar-refractivity contribution >= 4 is 0 Å². The van der Waals surface area contributed by atoms with Crippen LogP contribution in [0.2, 0.25) is 0 Å². The Balaban J connectivity index is 1.44. The summed E-state index contributed by atoms with van der Waals surface area (Å²) in [5.41, 5.74) is 3.52. The minimum Gasteiger partial charge on any atom is -0.508 e. The molecule has 3 atom stereocenters. The Kier molecular flexibility index (Phi) is 10.5. The fraction of sp³-hybridized carbons (Fsp3) is 0.515. The monoisotopic (exact) mass is 536 g/mol. The van der Waals surface area contributed by atoms with Crippen molar-refractivity contribution in [2.45, 2.75) is 58.5 Å². The summed E-state index contributed by atoms with van der Waals surface area (Å²) in [4.78, 5) is 4.64. The van der Waals surface area contributed by atoms with Crippen molar-refractivity contribution in [3.63, 3.8) is 0 Å². The van der Waals surface area contributed by atoms with E-state index < -0.39 is 0 Å². The summed E-state index contributed by atoms with van der Waals surface area (Å²) >= 11 is 0. The molecule has 6 heteroatoms. The lowest BCUT2D eigenvalue weighted by Crippen LogP contribution is -2.43. The van der Waals surface area contributed by atoms with Crippen molar-refractivity contribution in [3.8, 4) is 11.5 Å². The molecule has 0 aromatic heterocycles. The fourth-order valence-corrected chi connectivity index (χ4v) is 5.95. The molecule has 4 rings (SSSR count). The van der Waals surface area contributed by atoms with Gasteiger partial charge < -0.3 is 19.5 Å². The molecule has 0 saturated carbocycles. The first-order valence-corrected chi connectivity index (χ1v) is 14.5. The second-order valence-electron chi connectivity index (χ2n) is 11.0. The van der Waals surface area contributed by atoms with Crippen molar-refractivity contribution < 1.29 is 19.0 Å². The van der Waals surface area contributed by atoms with Gasteiger partial charge in [0, 0.05) is 19.1 Å². The number of benzene rings is 2. The number of likely N-dealkylation sites (N-methyl/N-ethyl adjacent to an activating group) is 2. The van der Waals surface area contributed by atoms with E-state index in [-0.39, 0.29) is 11.9 Å². The number of halogens is 1. The highest BCUT2D eigenvalue weighted by atomic mass is 19.1. The van der Waals surface area contributed by atoms with Crippen LogP contribution in [0.5, 0.6) is 11.5 Å². The number of hydrogen-bond acceptors (Lipinski definition) is 5. The van der Waals surface area contributed by atoms with E-state index in [0.29, 0.717) is 36.5 Å². The average molecular weight is 537 g/mol. The van der Waals surface area contributed by atoms with Crippen LogP contribution in [0.1, 0.15) is 49.8 Å². The molecule has 1 N–H and O–H groups in total. The molecule has 2 aromatic rings. The van der Waals surface area contributed by atoms with Crippen LogP contribution in [0.4, 0.5) is 4.39 Å². The second-order valence-corrected chi connectivity index (χ2v) is 11.0. The van der Waals surface area contributed by atoms with Crippen LogP contribution in [-0.2, 0) is 24.1 Å². The highest BCUT2D eigenvalue weighted by molar-refractivity contribution is 5.37. The number of fused-ring (bicyclic) bond motifs is 1. The number of methoxy groups -OCH3 is 1. The summed E-state index contributed by atoms with van der Waals surface area (Å²) in [7, 11) is 3.79. The van der Waals surface area contributed by atoms with E-state index >= 15 is 4.39 Å². The maximum Gasteiger partial charge on any atom is 0.165 e. The standard InChI is InChI=1S/C33H45FN2O3/c1-5-7-16-35(3)17-18-39-33-15-8-24(19-31(33)34)23-36(6-2)32-22-29(38-4)13-14-30(32)27-10-9-26-21-28(37)12-11-25(26)20-27/h8,11-15,19,21-22,27,30,32,37H,5-7,9-10,16-18,20,23H2,1-4H3/t27-,30?,32?/m1/s1. The van der Waals surface area contributed by atoms with Gasteiger partial charge in [-0.3, -0.25) is 4.90 Å². The number of aromatic hydroxyl groups is 1. The zero-order valence-electron chi connectivity index (χ0n) is 24.0. The summed E-state index contributed by atoms with van der Waals surface area (Å²) in [6.45, 7) is 8.11. The highest BCUT2D eigenvalue weighted by Gasteiger charge is 2.34. The Bertz CT molecular complexity index is 1150. The SMILES string of the molecule is CCCCN(C)CCOc1ccc(CN(CC)C2C=C(OC)C=CC2[C@@H]2CCc3cc(O)ccc3C2)cc1F. The number of hydrogen-bond donors (Lipinski definition) is 1. The van der Waals surface area contributed by atoms with Crippen LogP contribution in [0.3, 0.4) is 0 Å². The van der Waals surface area contributed by atoms with Gasteiger partial charge >= 0.3 is 0 Å². The van der Waals surface area contributed by atoms with Crippen molar-refractivity contribution in [2.75, 3.05) is 40.4 Å². The zero-order valence-corrected chi connectivity index (χ0v) is 24.0. The largest absolute Gasteiger partial charge is 0.508 e. The average Bonchev–Trinajstić information content (AvgIpc) is 2.95. The van der Waals surface area contributed by atoms with Crippen LogP contribution in [0, 0.1) is 17.7 Å². The molecule has 39 heavy (non-hydrogen) atoms. The van der Waals surface area contributed by atoms with Gasteiger partial charge in [-0.1, -0.05) is 38.5 Å². The van der Waals surface area contributed by atoms with Crippen molar-refractivity contribution in [1.29, 1.82) is 0 Å². The summed E-state index contributed by atoms with van der Waals surface area (Å²) in [5, 5.41) is 9.90. The van der Waals surface area contributed by atoms with Gasteiger partial charge in [0.1, 0.15) is 18.1 Å². The molecule has 0 saturated heterocycles. The van der Waals surface area contributed by atoms with E-state index in [9.17, 15) is 5.11 Å². The number of allylic oxidation sites excluding steroid dienone is 1. The van der Waals surface area contributed by atoms with Crippen LogP contribution in [0.25, 0.3) is 0 Å². The highest BCUT2D eigenvalue weighted by Crippen LogP contribution is 2.38. The predicted molar refractivity (Wildman–Crippen MR) is 156 cm³/mol. The smallest absolute Gasteiger partial charge is 0.165 e. The first-order chi connectivity index (χ1) is 18.9. The quantitative estimate of drug-likeness (QED) is 0.323. The van der Waals surface area contributed by atoms with E-state index in [0.717, 1.165) is 63.1 Å². The number of aryl methyl sites for hydroxylation is 1. The van der Waals surface area contributed by atoms with E-state index in [1.807, 2.05) is 12.1 Å². The maximum absolute atomic E-state index is 15.0. The van der Waals surface area contributed by atoms with Crippen molar-refractivity contribution in [3.05, 3.63) is 82.9 Å². The van der Waals surface area contributed by atoms with Crippen LogP contribution in [0.15, 0.2) is 60.4 Å². The topological polar surface area (TPSA) is 45.2 Å². The summed E-state index contributed by atoms with van der Waals surface area (Å²) in [5.74, 6) is 2.03. The van der Waals surface area contributed by atoms with Gasteiger partial charge in [0.15, 0.2) is 11.6 Å². The lowest BCUT2D eigenvalue weighted by atomic mass is 9.72. The van der Waals surface area contributed by atoms with Crippen LogP contribution < -0.4 is 4.74 Å². The zero-order chi connectivity index (χ0) is 27.8. The molecule has 0 heterocycles. The number of rotatable bonds is 13. The van der Waals surface area contributed by atoms with Gasteiger partial charge in [-0.15, -0.1) is 0 Å². The van der Waals surface area contributed by atoms with Gasteiger partial charge in [-0.2, -0.15) is 0 Å². The molecular weight excluding hydrogens is 491 g/mol. The van der Waals surface area contributed by atoms with Crippen LogP contribution >= 0.6 is 0 Å². The Morgan fingerprint density at radius 3 is 2.67 bits per heavy atom. The molecule has 0 fully saturated rings. The minimum absolute atomic E-state index is 0.149. The van der Waals surface area contributed by atoms with E-state index in [1.54, 1.807) is 25.3 Å². The number of ether oxygens (including phenoxy) is 2. The lowest BCUT2D eigenvalue weighted by Gasteiger charge is -2.41. The summed E-state index contributed by atoms with van der Waals surface area (Å²) in [6, 6.07) is 11.3. The Labute approximate surface area is 233 Å². The molecule has 0 aliphatic heterocycles. The van der Waals surface area contributed by atoms with E-state index in [2.05, 4.69) is 55.0 Å². The molecule has 0 radical (unpaired) electrons. The molecule has 2 aliphatic carbocycles. The fourth-order valence-electron chi connectivity index (χ4n) is 5.95. The van der Waals surface area contributed by atoms with Gasteiger partial charge in [0.2, 0.25) is 0 Å². The van der Waals surface area contributed by atoms with Crippen LogP contribution in [-0.4, -0.2) is 61.3 Å². The van der Waals surface area contributed by atoms with Crippen molar-refractivity contribution in [2.24, 2.45) is 11.8 Å². The summed E-state index contributed by atoms with van der Waals surface area (Å²) in [6.07, 6.45) is 12.0. The number of phenols is 1. The number of phenolic OH excluding ortho intramolecular Hbond substituents is 1. The van der Waals surface area contributed by atoms with Gasteiger partial charge in [-0.25, -0.2) is 4.39 Å². The molecule has 212 valence electrons. The molecular formula is C33H45FN2O3. The minimum atomic E-state index is -0.305. The maximum atomic E-state index is 15.0. The molecule has 2 aliphatic rings. The van der Waals surface area contributed by atoms with Crippen molar-refractivity contribution in [1.82, 2.24) is 9.80 Å².